The summed E-state index contributed by atoms with van der Waals surface area (Å²) in [6, 6.07) is 2.13. The SMILES string of the molecule is Oc1cnc(Cl)cc1NC1CCCC1. The minimum absolute atomic E-state index is 0.168. The van der Waals surface area contributed by atoms with E-state index in [4.69, 9.17) is 11.6 Å². The molecule has 3 nitrogen and oxygen atoms in total. The molecule has 0 aromatic carbocycles. The van der Waals surface area contributed by atoms with Gasteiger partial charge in [-0.05, 0) is 12.8 Å². The lowest BCUT2D eigenvalue weighted by molar-refractivity contribution is 0.473. The van der Waals surface area contributed by atoms with Gasteiger partial charge in [-0.1, -0.05) is 24.4 Å². The molecule has 1 aromatic heterocycles. The normalized spacial score (nSPS) is 17.2. The third-order valence-corrected chi connectivity index (χ3v) is 2.77. The first kappa shape index (κ1) is 9.59. The molecule has 0 unspecified atom stereocenters. The highest BCUT2D eigenvalue weighted by Gasteiger charge is 2.16. The van der Waals surface area contributed by atoms with E-state index in [-0.39, 0.29) is 5.75 Å². The first-order chi connectivity index (χ1) is 6.75. The van der Waals surface area contributed by atoms with Crippen LogP contribution in [0.4, 0.5) is 5.69 Å². The Balaban J connectivity index is 2.10. The van der Waals surface area contributed by atoms with Crippen molar-refractivity contribution in [3.05, 3.63) is 17.4 Å². The van der Waals surface area contributed by atoms with Gasteiger partial charge in [0.15, 0.2) is 5.75 Å². The number of rotatable bonds is 2. The Morgan fingerprint density at radius 2 is 2.14 bits per heavy atom. The van der Waals surface area contributed by atoms with Crippen molar-refractivity contribution in [3.8, 4) is 5.75 Å². The number of aromatic nitrogens is 1. The first-order valence-corrected chi connectivity index (χ1v) is 5.24. The number of hydrogen-bond donors (Lipinski definition) is 2. The summed E-state index contributed by atoms with van der Waals surface area (Å²) in [4.78, 5) is 3.79. The Morgan fingerprint density at radius 3 is 2.86 bits per heavy atom. The third kappa shape index (κ3) is 2.10. The Morgan fingerprint density at radius 1 is 1.43 bits per heavy atom. The van der Waals surface area contributed by atoms with E-state index in [0.29, 0.717) is 16.9 Å². The summed E-state index contributed by atoms with van der Waals surface area (Å²) in [5.41, 5.74) is 0.692. The van der Waals surface area contributed by atoms with Crippen LogP contribution in [0.1, 0.15) is 25.7 Å². The zero-order chi connectivity index (χ0) is 9.97. The molecule has 1 heterocycles. The molecule has 0 aliphatic heterocycles. The molecule has 0 bridgehead atoms. The van der Waals surface area contributed by atoms with Crippen LogP contribution in [0.5, 0.6) is 5.75 Å². The van der Waals surface area contributed by atoms with Gasteiger partial charge in [0.25, 0.3) is 0 Å². The monoisotopic (exact) mass is 212 g/mol. The second kappa shape index (κ2) is 4.05. The Labute approximate surface area is 88.1 Å². The molecular weight excluding hydrogens is 200 g/mol. The van der Waals surface area contributed by atoms with Crippen molar-refractivity contribution in [3.63, 3.8) is 0 Å². The molecule has 76 valence electrons. The Bertz CT molecular complexity index is 324. The van der Waals surface area contributed by atoms with Crippen molar-refractivity contribution in [2.75, 3.05) is 5.32 Å². The van der Waals surface area contributed by atoms with Gasteiger partial charge in [-0.15, -0.1) is 0 Å². The van der Waals surface area contributed by atoms with E-state index in [0.717, 1.165) is 0 Å². The van der Waals surface area contributed by atoms with E-state index in [9.17, 15) is 5.11 Å². The fourth-order valence-electron chi connectivity index (χ4n) is 1.83. The lowest BCUT2D eigenvalue weighted by atomic mass is 10.2. The van der Waals surface area contributed by atoms with Crippen LogP contribution in [-0.4, -0.2) is 16.1 Å². The second-order valence-electron chi connectivity index (χ2n) is 3.65. The fourth-order valence-corrected chi connectivity index (χ4v) is 1.99. The Kier molecular flexibility index (Phi) is 2.77. The van der Waals surface area contributed by atoms with Crippen molar-refractivity contribution in [1.29, 1.82) is 0 Å². The van der Waals surface area contributed by atoms with Crippen LogP contribution in [0.2, 0.25) is 5.15 Å². The molecule has 0 spiro atoms. The highest BCUT2D eigenvalue weighted by molar-refractivity contribution is 6.29. The molecule has 1 saturated carbocycles. The molecule has 1 aromatic rings. The van der Waals surface area contributed by atoms with Gasteiger partial charge in [-0.2, -0.15) is 0 Å². The number of nitrogens with zero attached hydrogens (tertiary/aromatic N) is 1. The Hall–Kier alpha value is -0.960. The number of anilines is 1. The summed E-state index contributed by atoms with van der Waals surface area (Å²) in [6.45, 7) is 0. The molecule has 2 N–H and O–H groups in total. The van der Waals surface area contributed by atoms with Crippen LogP contribution < -0.4 is 5.32 Å². The summed E-state index contributed by atoms with van der Waals surface area (Å²) >= 11 is 5.74. The minimum atomic E-state index is 0.168. The first-order valence-electron chi connectivity index (χ1n) is 4.87. The van der Waals surface area contributed by atoms with Gasteiger partial charge in [0.2, 0.25) is 0 Å². The number of nitrogens with one attached hydrogen (secondary N) is 1. The molecule has 14 heavy (non-hydrogen) atoms. The van der Waals surface area contributed by atoms with Gasteiger partial charge in [0.1, 0.15) is 5.15 Å². The molecule has 2 rings (SSSR count). The molecule has 0 saturated heterocycles. The maximum atomic E-state index is 9.51. The average molecular weight is 213 g/mol. The fraction of sp³-hybridized carbons (Fsp3) is 0.500. The number of aromatic hydroxyl groups is 1. The second-order valence-corrected chi connectivity index (χ2v) is 4.04. The molecule has 0 atom stereocenters. The number of pyridine rings is 1. The van der Waals surface area contributed by atoms with Crippen LogP contribution in [0, 0.1) is 0 Å². The number of hydrogen-bond acceptors (Lipinski definition) is 3. The molecule has 1 fully saturated rings. The average Bonchev–Trinajstić information content (AvgIpc) is 2.64. The quantitative estimate of drug-likeness (QED) is 0.741. The van der Waals surface area contributed by atoms with Crippen molar-refractivity contribution < 1.29 is 5.11 Å². The highest BCUT2D eigenvalue weighted by Crippen LogP contribution is 2.28. The van der Waals surface area contributed by atoms with Gasteiger partial charge >= 0.3 is 0 Å². The predicted molar refractivity (Wildman–Crippen MR) is 56.8 cm³/mol. The summed E-state index contributed by atoms with van der Waals surface area (Å²) < 4.78 is 0. The van der Waals surface area contributed by atoms with Crippen LogP contribution in [0.15, 0.2) is 12.3 Å². The highest BCUT2D eigenvalue weighted by atomic mass is 35.5. The van der Waals surface area contributed by atoms with Gasteiger partial charge < -0.3 is 10.4 Å². The largest absolute Gasteiger partial charge is 0.504 e. The van der Waals surface area contributed by atoms with E-state index >= 15 is 0 Å². The van der Waals surface area contributed by atoms with E-state index in [1.54, 1.807) is 6.07 Å². The lowest BCUT2D eigenvalue weighted by Gasteiger charge is -2.14. The van der Waals surface area contributed by atoms with Gasteiger partial charge in [0.05, 0.1) is 11.9 Å². The molecule has 0 radical (unpaired) electrons. The summed E-state index contributed by atoms with van der Waals surface area (Å²) in [5, 5.41) is 13.2. The zero-order valence-corrected chi connectivity index (χ0v) is 8.59. The number of halogens is 1. The van der Waals surface area contributed by atoms with E-state index in [2.05, 4.69) is 10.3 Å². The van der Waals surface area contributed by atoms with Gasteiger partial charge in [0, 0.05) is 12.1 Å². The topological polar surface area (TPSA) is 45.2 Å². The van der Waals surface area contributed by atoms with Crippen LogP contribution in [0.25, 0.3) is 0 Å². The predicted octanol–water partition coefficient (Wildman–Crippen LogP) is 2.80. The van der Waals surface area contributed by atoms with Gasteiger partial charge in [-0.25, -0.2) is 4.98 Å². The maximum Gasteiger partial charge on any atom is 0.157 e. The minimum Gasteiger partial charge on any atom is -0.504 e. The zero-order valence-electron chi connectivity index (χ0n) is 7.83. The van der Waals surface area contributed by atoms with Crippen molar-refractivity contribution in [1.82, 2.24) is 4.98 Å². The summed E-state index contributed by atoms with van der Waals surface area (Å²) in [7, 11) is 0. The molecule has 1 aliphatic rings. The van der Waals surface area contributed by atoms with Crippen LogP contribution >= 0.6 is 11.6 Å². The maximum absolute atomic E-state index is 9.51. The van der Waals surface area contributed by atoms with E-state index in [1.807, 2.05) is 0 Å². The van der Waals surface area contributed by atoms with Gasteiger partial charge in [-0.3, -0.25) is 0 Å². The van der Waals surface area contributed by atoms with Crippen LogP contribution in [0.3, 0.4) is 0 Å². The molecule has 0 amide bonds. The van der Waals surface area contributed by atoms with E-state index < -0.39 is 0 Å². The third-order valence-electron chi connectivity index (χ3n) is 2.56. The smallest absolute Gasteiger partial charge is 0.157 e. The molecule has 1 aliphatic carbocycles. The van der Waals surface area contributed by atoms with Crippen molar-refractivity contribution in [2.45, 2.75) is 31.7 Å². The lowest BCUT2D eigenvalue weighted by Crippen LogP contribution is -2.14. The van der Waals surface area contributed by atoms with E-state index in [1.165, 1.54) is 31.9 Å². The van der Waals surface area contributed by atoms with Crippen molar-refractivity contribution >= 4 is 17.3 Å². The van der Waals surface area contributed by atoms with Crippen molar-refractivity contribution in [2.24, 2.45) is 0 Å². The standard InChI is InChI=1S/C10H13ClN2O/c11-10-5-8(9(14)6-12-10)13-7-3-1-2-4-7/h5-7,14H,1-4H2,(H,12,13). The molecule has 4 heteroatoms. The summed E-state index contributed by atoms with van der Waals surface area (Å²) in [5.74, 6) is 0.168. The van der Waals surface area contributed by atoms with Crippen LogP contribution in [-0.2, 0) is 0 Å². The molecular formula is C10H13ClN2O. The summed E-state index contributed by atoms with van der Waals surface area (Å²) in [6.07, 6.45) is 6.23.